The average molecular weight is 252 g/mol. The maximum absolute atomic E-state index is 5.45. The third-order valence-electron chi connectivity index (χ3n) is 4.17. The quantitative estimate of drug-likeness (QED) is 0.766. The number of aromatic amines is 1. The van der Waals surface area contributed by atoms with Crippen LogP contribution in [0.4, 0.5) is 0 Å². The van der Waals surface area contributed by atoms with Gasteiger partial charge in [0.05, 0.1) is 0 Å². The molecule has 0 aliphatic heterocycles. The van der Waals surface area contributed by atoms with E-state index < -0.39 is 0 Å². The second kappa shape index (κ2) is 5.38. The Balaban J connectivity index is 2.25. The highest BCUT2D eigenvalue weighted by Crippen LogP contribution is 2.34. The van der Waals surface area contributed by atoms with Crippen molar-refractivity contribution >= 4 is 12.2 Å². The molecule has 17 heavy (non-hydrogen) atoms. The van der Waals surface area contributed by atoms with E-state index in [9.17, 15) is 0 Å². The van der Waals surface area contributed by atoms with Crippen molar-refractivity contribution in [1.29, 1.82) is 0 Å². The number of nitrogens with zero attached hydrogens (tertiary/aromatic N) is 1. The predicted molar refractivity (Wildman–Crippen MR) is 75.0 cm³/mol. The molecule has 1 aromatic heterocycles. The van der Waals surface area contributed by atoms with Crippen LogP contribution in [-0.4, -0.2) is 9.55 Å². The first kappa shape index (κ1) is 12.9. The standard InChI is InChI=1S/C14H24N2S/c1-10(2)13-9-15-14(17)16(13)11(3)12-7-5-4-6-8-12/h9-12H,4-8H2,1-3H3,(H,15,17). The number of hydrogen-bond donors (Lipinski definition) is 1. The zero-order valence-electron chi connectivity index (χ0n) is 11.2. The van der Waals surface area contributed by atoms with E-state index in [0.717, 1.165) is 10.7 Å². The number of H-pyrrole nitrogens is 1. The van der Waals surface area contributed by atoms with Gasteiger partial charge < -0.3 is 9.55 Å². The Morgan fingerprint density at radius 1 is 1.24 bits per heavy atom. The molecule has 0 aromatic carbocycles. The zero-order valence-corrected chi connectivity index (χ0v) is 12.0. The van der Waals surface area contributed by atoms with Crippen molar-refractivity contribution in [3.63, 3.8) is 0 Å². The molecule has 0 spiro atoms. The molecule has 1 saturated carbocycles. The fourth-order valence-corrected chi connectivity index (χ4v) is 3.41. The van der Waals surface area contributed by atoms with Crippen LogP contribution < -0.4 is 0 Å². The van der Waals surface area contributed by atoms with E-state index >= 15 is 0 Å². The van der Waals surface area contributed by atoms with Gasteiger partial charge in [-0.05, 0) is 43.8 Å². The van der Waals surface area contributed by atoms with Gasteiger partial charge >= 0.3 is 0 Å². The molecule has 1 atom stereocenters. The van der Waals surface area contributed by atoms with Crippen molar-refractivity contribution in [2.24, 2.45) is 5.92 Å². The van der Waals surface area contributed by atoms with Crippen LogP contribution >= 0.6 is 12.2 Å². The van der Waals surface area contributed by atoms with Crippen LogP contribution in [0.3, 0.4) is 0 Å². The molecule has 96 valence electrons. The Labute approximate surface area is 109 Å². The van der Waals surface area contributed by atoms with Crippen molar-refractivity contribution in [2.45, 2.75) is 64.8 Å². The fraction of sp³-hybridized carbons (Fsp3) is 0.786. The number of rotatable bonds is 3. The molecule has 1 aliphatic carbocycles. The summed E-state index contributed by atoms with van der Waals surface area (Å²) < 4.78 is 3.25. The molecule has 1 heterocycles. The Bertz CT molecular complexity index is 410. The van der Waals surface area contributed by atoms with Gasteiger partial charge in [0.1, 0.15) is 0 Å². The second-order valence-electron chi connectivity index (χ2n) is 5.68. The summed E-state index contributed by atoms with van der Waals surface area (Å²) >= 11 is 5.45. The monoisotopic (exact) mass is 252 g/mol. The van der Waals surface area contributed by atoms with E-state index in [1.165, 1.54) is 37.8 Å². The lowest BCUT2D eigenvalue weighted by molar-refractivity contribution is 0.258. The molecule has 0 saturated heterocycles. The molecular weight excluding hydrogens is 228 g/mol. The van der Waals surface area contributed by atoms with E-state index in [1.54, 1.807) is 0 Å². The van der Waals surface area contributed by atoms with Crippen molar-refractivity contribution in [2.75, 3.05) is 0 Å². The summed E-state index contributed by atoms with van der Waals surface area (Å²) in [6.45, 7) is 6.82. The average Bonchev–Trinajstić information content (AvgIpc) is 2.71. The molecule has 1 aliphatic rings. The van der Waals surface area contributed by atoms with Gasteiger partial charge in [-0.25, -0.2) is 0 Å². The van der Waals surface area contributed by atoms with Crippen LogP contribution in [0.1, 0.15) is 70.5 Å². The summed E-state index contributed by atoms with van der Waals surface area (Å²) in [6, 6.07) is 0.548. The first-order valence-electron chi connectivity index (χ1n) is 6.91. The van der Waals surface area contributed by atoms with E-state index in [4.69, 9.17) is 12.2 Å². The Hall–Kier alpha value is -0.570. The lowest BCUT2D eigenvalue weighted by Gasteiger charge is -2.30. The molecule has 1 aromatic rings. The number of imidazole rings is 1. The van der Waals surface area contributed by atoms with Gasteiger partial charge in [0.25, 0.3) is 0 Å². The van der Waals surface area contributed by atoms with Crippen molar-refractivity contribution in [3.05, 3.63) is 16.7 Å². The van der Waals surface area contributed by atoms with Gasteiger partial charge in [0.15, 0.2) is 4.77 Å². The van der Waals surface area contributed by atoms with Gasteiger partial charge in [0.2, 0.25) is 0 Å². The third kappa shape index (κ3) is 2.65. The molecule has 2 rings (SSSR count). The minimum atomic E-state index is 0.536. The molecule has 0 bridgehead atoms. The molecular formula is C14H24N2S. The van der Waals surface area contributed by atoms with Gasteiger partial charge in [-0.15, -0.1) is 0 Å². The summed E-state index contributed by atoms with van der Waals surface area (Å²) in [7, 11) is 0. The maximum atomic E-state index is 5.45. The maximum Gasteiger partial charge on any atom is 0.177 e. The highest BCUT2D eigenvalue weighted by molar-refractivity contribution is 7.71. The van der Waals surface area contributed by atoms with Crippen molar-refractivity contribution in [1.82, 2.24) is 9.55 Å². The Morgan fingerprint density at radius 2 is 1.88 bits per heavy atom. The topological polar surface area (TPSA) is 20.7 Å². The molecule has 1 unspecified atom stereocenters. The molecule has 0 amide bonds. The minimum absolute atomic E-state index is 0.536. The Kier molecular flexibility index (Phi) is 4.08. The predicted octanol–water partition coefficient (Wildman–Crippen LogP) is 4.81. The molecule has 2 nitrogen and oxygen atoms in total. The lowest BCUT2D eigenvalue weighted by Crippen LogP contribution is -2.21. The van der Waals surface area contributed by atoms with Crippen molar-refractivity contribution in [3.8, 4) is 0 Å². The van der Waals surface area contributed by atoms with Crippen LogP contribution in [0.2, 0.25) is 0 Å². The lowest BCUT2D eigenvalue weighted by atomic mass is 9.84. The van der Waals surface area contributed by atoms with E-state index in [1.807, 2.05) is 0 Å². The summed E-state index contributed by atoms with van der Waals surface area (Å²) in [6.07, 6.45) is 9.02. The highest BCUT2D eigenvalue weighted by atomic mass is 32.1. The van der Waals surface area contributed by atoms with E-state index in [0.29, 0.717) is 12.0 Å². The van der Waals surface area contributed by atoms with Crippen LogP contribution in [0.25, 0.3) is 0 Å². The van der Waals surface area contributed by atoms with Crippen LogP contribution in [0, 0.1) is 10.7 Å². The normalized spacial score (nSPS) is 19.8. The fourth-order valence-electron chi connectivity index (χ4n) is 3.08. The number of hydrogen-bond acceptors (Lipinski definition) is 1. The van der Waals surface area contributed by atoms with Crippen LogP contribution in [-0.2, 0) is 0 Å². The molecule has 1 fully saturated rings. The largest absolute Gasteiger partial charge is 0.337 e. The van der Waals surface area contributed by atoms with Gasteiger partial charge in [-0.1, -0.05) is 33.1 Å². The summed E-state index contributed by atoms with van der Waals surface area (Å²) in [4.78, 5) is 3.22. The zero-order chi connectivity index (χ0) is 12.4. The highest BCUT2D eigenvalue weighted by Gasteiger charge is 2.24. The minimum Gasteiger partial charge on any atom is -0.337 e. The van der Waals surface area contributed by atoms with Gasteiger partial charge in [0, 0.05) is 17.9 Å². The Morgan fingerprint density at radius 3 is 2.47 bits per heavy atom. The summed E-state index contributed by atoms with van der Waals surface area (Å²) in [5.41, 5.74) is 1.35. The SMILES string of the molecule is CC(C)c1c[nH]c(=S)n1C(C)C1CCCCC1. The molecule has 1 N–H and O–H groups in total. The second-order valence-corrected chi connectivity index (χ2v) is 6.07. The summed E-state index contributed by atoms with van der Waals surface area (Å²) in [5.74, 6) is 1.35. The third-order valence-corrected chi connectivity index (χ3v) is 4.49. The van der Waals surface area contributed by atoms with Crippen LogP contribution in [0.5, 0.6) is 0 Å². The van der Waals surface area contributed by atoms with Gasteiger partial charge in [-0.3, -0.25) is 0 Å². The van der Waals surface area contributed by atoms with E-state index in [2.05, 4.69) is 36.5 Å². The first-order chi connectivity index (χ1) is 8.11. The number of nitrogens with one attached hydrogen (secondary N) is 1. The summed E-state index contributed by atoms with van der Waals surface area (Å²) in [5, 5.41) is 0. The van der Waals surface area contributed by atoms with Crippen molar-refractivity contribution < 1.29 is 0 Å². The van der Waals surface area contributed by atoms with E-state index in [-0.39, 0.29) is 0 Å². The first-order valence-corrected chi connectivity index (χ1v) is 7.32. The number of aromatic nitrogens is 2. The van der Waals surface area contributed by atoms with Crippen LogP contribution in [0.15, 0.2) is 6.20 Å². The van der Waals surface area contributed by atoms with Gasteiger partial charge in [-0.2, -0.15) is 0 Å². The smallest absolute Gasteiger partial charge is 0.177 e. The molecule has 3 heteroatoms. The molecule has 0 radical (unpaired) electrons.